The van der Waals surface area contributed by atoms with Gasteiger partial charge in [-0.2, -0.15) is 0 Å². The van der Waals surface area contributed by atoms with Crippen LogP contribution in [0.15, 0.2) is 0 Å². The van der Waals surface area contributed by atoms with E-state index in [4.69, 9.17) is 11.6 Å². The van der Waals surface area contributed by atoms with Gasteiger partial charge in [-0.15, -0.1) is 11.6 Å². The molecule has 0 aliphatic heterocycles. The third kappa shape index (κ3) is 4.72. The molecule has 0 aliphatic rings. The molecule has 12 heavy (non-hydrogen) atoms. The fraction of sp³-hybridized carbons (Fsp3) is 0.714. The third-order valence-corrected chi connectivity index (χ3v) is 2.09. The summed E-state index contributed by atoms with van der Waals surface area (Å²) in [6, 6.07) is 0. The van der Waals surface area contributed by atoms with Crippen molar-refractivity contribution in [2.45, 2.75) is 18.2 Å². The van der Waals surface area contributed by atoms with Crippen LogP contribution in [0, 0.1) is 0 Å². The molecule has 1 atom stereocenters. The second kappa shape index (κ2) is 6.43. The molecule has 0 aromatic carbocycles. The van der Waals surface area contributed by atoms with Crippen LogP contribution in [0.5, 0.6) is 0 Å². The topological polar surface area (TPSA) is 43.4 Å². The number of halogens is 2. The highest BCUT2D eigenvalue weighted by Crippen LogP contribution is 2.08. The molecule has 0 saturated heterocycles. The molecular formula is C7H10BrClO3. The summed E-state index contributed by atoms with van der Waals surface area (Å²) >= 11 is 8.29. The maximum atomic E-state index is 10.9. The number of rotatable bonds is 5. The van der Waals surface area contributed by atoms with E-state index in [0.717, 1.165) is 0 Å². The molecule has 0 spiro atoms. The molecule has 0 fully saturated rings. The number of esters is 1. The van der Waals surface area contributed by atoms with Crippen molar-refractivity contribution in [1.29, 1.82) is 0 Å². The average Bonchev–Trinajstić information content (AvgIpc) is 2.04. The Balaban J connectivity index is 3.78. The molecule has 0 rings (SSSR count). The van der Waals surface area contributed by atoms with Gasteiger partial charge in [0.25, 0.3) is 0 Å². The van der Waals surface area contributed by atoms with E-state index in [0.29, 0.717) is 6.61 Å². The zero-order valence-electron chi connectivity index (χ0n) is 6.68. The number of hydrogen-bond acceptors (Lipinski definition) is 3. The predicted octanol–water partition coefficient (Wildman–Crippen LogP) is 1.51. The van der Waals surface area contributed by atoms with Gasteiger partial charge in [0, 0.05) is 6.42 Å². The lowest BCUT2D eigenvalue weighted by atomic mass is 10.2. The Kier molecular flexibility index (Phi) is 6.38. The minimum absolute atomic E-state index is 0.0680. The molecule has 0 aromatic heterocycles. The van der Waals surface area contributed by atoms with E-state index in [-0.39, 0.29) is 18.1 Å². The van der Waals surface area contributed by atoms with E-state index in [1.165, 1.54) is 0 Å². The maximum Gasteiger partial charge on any atom is 0.320 e. The SMILES string of the molecule is CCOC(=O)C(Br)CC(=O)CCl. The highest BCUT2D eigenvalue weighted by molar-refractivity contribution is 9.10. The van der Waals surface area contributed by atoms with Crippen LogP contribution in [0.4, 0.5) is 0 Å². The molecule has 0 N–H and O–H groups in total. The summed E-state index contributed by atoms with van der Waals surface area (Å²) in [6.07, 6.45) is 0.0856. The van der Waals surface area contributed by atoms with Crippen molar-refractivity contribution in [3.05, 3.63) is 0 Å². The number of alkyl halides is 2. The first-order valence-electron chi connectivity index (χ1n) is 3.50. The van der Waals surface area contributed by atoms with Gasteiger partial charge in [-0.1, -0.05) is 15.9 Å². The standard InChI is InChI=1S/C7H10BrClO3/c1-2-12-7(11)6(8)3-5(10)4-9/h6H,2-4H2,1H3. The van der Waals surface area contributed by atoms with Crippen molar-refractivity contribution in [3.63, 3.8) is 0 Å². The van der Waals surface area contributed by atoms with E-state index in [1.54, 1.807) is 6.92 Å². The van der Waals surface area contributed by atoms with Gasteiger partial charge in [-0.25, -0.2) is 0 Å². The Morgan fingerprint density at radius 2 is 2.17 bits per heavy atom. The molecule has 0 amide bonds. The lowest BCUT2D eigenvalue weighted by Crippen LogP contribution is -2.21. The maximum absolute atomic E-state index is 10.9. The molecule has 0 aromatic rings. The van der Waals surface area contributed by atoms with Crippen LogP contribution >= 0.6 is 27.5 Å². The Morgan fingerprint density at radius 1 is 1.58 bits per heavy atom. The van der Waals surface area contributed by atoms with Gasteiger partial charge in [0.05, 0.1) is 12.5 Å². The summed E-state index contributed by atoms with van der Waals surface area (Å²) in [6.45, 7) is 2.02. The normalized spacial score (nSPS) is 12.2. The van der Waals surface area contributed by atoms with Gasteiger partial charge in [-0.3, -0.25) is 9.59 Å². The van der Waals surface area contributed by atoms with Crippen molar-refractivity contribution in [2.24, 2.45) is 0 Å². The van der Waals surface area contributed by atoms with Crippen LogP contribution in [-0.4, -0.2) is 29.1 Å². The Bertz CT molecular complexity index is 172. The number of carbonyl (C=O) groups excluding carboxylic acids is 2. The number of Topliss-reactive ketones (excluding diaryl/α,β-unsaturated/α-hetero) is 1. The third-order valence-electron chi connectivity index (χ3n) is 1.10. The van der Waals surface area contributed by atoms with Crippen molar-refractivity contribution in [2.75, 3.05) is 12.5 Å². The first-order chi connectivity index (χ1) is 5.61. The van der Waals surface area contributed by atoms with Gasteiger partial charge >= 0.3 is 5.97 Å². The summed E-state index contributed by atoms with van der Waals surface area (Å²) in [5.74, 6) is -0.663. The minimum Gasteiger partial charge on any atom is -0.465 e. The van der Waals surface area contributed by atoms with Crippen LogP contribution in [0.25, 0.3) is 0 Å². The summed E-state index contributed by atoms with van der Waals surface area (Å²) in [4.78, 5) is 21.1. The summed E-state index contributed by atoms with van der Waals surface area (Å²) < 4.78 is 4.67. The van der Waals surface area contributed by atoms with Crippen molar-refractivity contribution in [3.8, 4) is 0 Å². The average molecular weight is 258 g/mol. The van der Waals surface area contributed by atoms with E-state index in [1.807, 2.05) is 0 Å². The largest absolute Gasteiger partial charge is 0.465 e. The first-order valence-corrected chi connectivity index (χ1v) is 4.95. The molecule has 0 saturated carbocycles. The lowest BCUT2D eigenvalue weighted by molar-refractivity contribution is -0.143. The quantitative estimate of drug-likeness (QED) is 0.554. The zero-order chi connectivity index (χ0) is 9.56. The molecule has 0 bridgehead atoms. The first kappa shape index (κ1) is 11.9. The van der Waals surface area contributed by atoms with Crippen molar-refractivity contribution < 1.29 is 14.3 Å². The molecule has 5 heteroatoms. The Labute approximate surface area is 84.5 Å². The second-order valence-corrected chi connectivity index (χ2v) is 3.47. The molecule has 0 radical (unpaired) electrons. The van der Waals surface area contributed by atoms with Gasteiger partial charge in [0.1, 0.15) is 10.6 Å². The molecule has 0 heterocycles. The lowest BCUT2D eigenvalue weighted by Gasteiger charge is -2.06. The van der Waals surface area contributed by atoms with Crippen LogP contribution in [0.1, 0.15) is 13.3 Å². The summed E-state index contributed by atoms with van der Waals surface area (Å²) in [5, 5.41) is 0. The van der Waals surface area contributed by atoms with Gasteiger partial charge in [-0.05, 0) is 6.92 Å². The highest BCUT2D eigenvalue weighted by atomic mass is 79.9. The fourth-order valence-corrected chi connectivity index (χ4v) is 1.17. The predicted molar refractivity (Wildman–Crippen MR) is 49.7 cm³/mol. The Morgan fingerprint density at radius 3 is 2.58 bits per heavy atom. The van der Waals surface area contributed by atoms with Crippen LogP contribution < -0.4 is 0 Å². The van der Waals surface area contributed by atoms with Gasteiger partial charge in [0.15, 0.2) is 0 Å². The fourth-order valence-electron chi connectivity index (χ4n) is 0.570. The second-order valence-electron chi connectivity index (χ2n) is 2.10. The molecule has 0 aliphatic carbocycles. The van der Waals surface area contributed by atoms with Gasteiger partial charge in [0.2, 0.25) is 0 Å². The van der Waals surface area contributed by atoms with E-state index in [2.05, 4.69) is 20.7 Å². The monoisotopic (exact) mass is 256 g/mol. The van der Waals surface area contributed by atoms with Crippen LogP contribution in [0.3, 0.4) is 0 Å². The number of hydrogen-bond donors (Lipinski definition) is 0. The van der Waals surface area contributed by atoms with Crippen LogP contribution in [0.2, 0.25) is 0 Å². The molecular weight excluding hydrogens is 247 g/mol. The Hall–Kier alpha value is -0.0900. The van der Waals surface area contributed by atoms with E-state index < -0.39 is 10.8 Å². The zero-order valence-corrected chi connectivity index (χ0v) is 9.02. The van der Waals surface area contributed by atoms with Gasteiger partial charge < -0.3 is 4.74 Å². The molecule has 1 unspecified atom stereocenters. The van der Waals surface area contributed by atoms with Crippen molar-refractivity contribution >= 4 is 39.3 Å². The van der Waals surface area contributed by atoms with E-state index >= 15 is 0 Å². The number of ketones is 1. The number of carbonyl (C=O) groups is 2. The smallest absolute Gasteiger partial charge is 0.320 e. The van der Waals surface area contributed by atoms with E-state index in [9.17, 15) is 9.59 Å². The van der Waals surface area contributed by atoms with Crippen molar-refractivity contribution in [1.82, 2.24) is 0 Å². The highest BCUT2D eigenvalue weighted by Gasteiger charge is 2.18. The number of ether oxygens (including phenoxy) is 1. The molecule has 3 nitrogen and oxygen atoms in total. The molecule has 70 valence electrons. The van der Waals surface area contributed by atoms with Crippen LogP contribution in [-0.2, 0) is 14.3 Å². The minimum atomic E-state index is -0.566. The summed E-state index contributed by atoms with van der Waals surface area (Å²) in [5.41, 5.74) is 0. The summed E-state index contributed by atoms with van der Waals surface area (Å²) in [7, 11) is 0.